The van der Waals surface area contributed by atoms with Crippen LogP contribution >= 0.6 is 0 Å². The first-order chi connectivity index (χ1) is 10.1. The summed E-state index contributed by atoms with van der Waals surface area (Å²) in [6.45, 7) is 2.86. The van der Waals surface area contributed by atoms with Crippen molar-refractivity contribution in [3.63, 3.8) is 0 Å². The fraction of sp³-hybridized carbons (Fsp3) is 0.438. The average Bonchev–Trinajstić information content (AvgIpc) is 2.86. The van der Waals surface area contributed by atoms with Gasteiger partial charge in [0.2, 0.25) is 0 Å². The van der Waals surface area contributed by atoms with Gasteiger partial charge in [0.1, 0.15) is 11.6 Å². The van der Waals surface area contributed by atoms with E-state index < -0.39 is 11.6 Å². The Balaban J connectivity index is 2.09. The van der Waals surface area contributed by atoms with E-state index in [9.17, 15) is 8.78 Å². The molecular weight excluding hydrogens is 272 g/mol. The summed E-state index contributed by atoms with van der Waals surface area (Å²) in [6.07, 6.45) is 6.28. The Morgan fingerprint density at radius 1 is 1.33 bits per heavy atom. The molecule has 2 rings (SSSR count). The van der Waals surface area contributed by atoms with Crippen molar-refractivity contribution >= 4 is 0 Å². The van der Waals surface area contributed by atoms with Gasteiger partial charge < -0.3 is 5.32 Å². The quantitative estimate of drug-likeness (QED) is 0.848. The van der Waals surface area contributed by atoms with Gasteiger partial charge in [-0.2, -0.15) is 5.10 Å². The van der Waals surface area contributed by atoms with Crippen LogP contribution in [-0.2, 0) is 13.5 Å². The highest BCUT2D eigenvalue weighted by atomic mass is 19.1. The number of nitrogens with zero attached hydrogens (tertiary/aromatic N) is 2. The number of hydrogen-bond donors (Lipinski definition) is 1. The monoisotopic (exact) mass is 293 g/mol. The van der Waals surface area contributed by atoms with Crippen molar-refractivity contribution in [2.75, 3.05) is 6.54 Å². The molecule has 1 aromatic carbocycles. The fourth-order valence-electron chi connectivity index (χ4n) is 2.38. The van der Waals surface area contributed by atoms with E-state index in [1.165, 1.54) is 12.1 Å². The van der Waals surface area contributed by atoms with Crippen molar-refractivity contribution in [3.8, 4) is 0 Å². The van der Waals surface area contributed by atoms with Crippen LogP contribution in [0.1, 0.15) is 36.9 Å². The van der Waals surface area contributed by atoms with Crippen molar-refractivity contribution in [1.82, 2.24) is 15.1 Å². The van der Waals surface area contributed by atoms with E-state index in [0.29, 0.717) is 5.56 Å². The molecule has 1 heterocycles. The highest BCUT2D eigenvalue weighted by Crippen LogP contribution is 2.23. The zero-order valence-corrected chi connectivity index (χ0v) is 12.4. The summed E-state index contributed by atoms with van der Waals surface area (Å²) in [5, 5.41) is 7.46. The second kappa shape index (κ2) is 7.31. The maximum atomic E-state index is 14.0. The maximum absolute atomic E-state index is 14.0. The number of hydrogen-bond acceptors (Lipinski definition) is 2. The van der Waals surface area contributed by atoms with E-state index in [-0.39, 0.29) is 6.04 Å². The summed E-state index contributed by atoms with van der Waals surface area (Å²) in [6, 6.07) is 3.66. The van der Waals surface area contributed by atoms with Gasteiger partial charge in [-0.25, -0.2) is 8.78 Å². The summed E-state index contributed by atoms with van der Waals surface area (Å²) in [5.41, 5.74) is 1.64. The predicted molar refractivity (Wildman–Crippen MR) is 78.9 cm³/mol. The molecule has 3 nitrogen and oxygen atoms in total. The normalized spacial score (nSPS) is 12.6. The molecule has 0 saturated carbocycles. The minimum atomic E-state index is -0.544. The van der Waals surface area contributed by atoms with Gasteiger partial charge >= 0.3 is 0 Å². The Bertz CT molecular complexity index is 581. The minimum Gasteiger partial charge on any atom is -0.310 e. The van der Waals surface area contributed by atoms with Gasteiger partial charge in [0.15, 0.2) is 0 Å². The van der Waals surface area contributed by atoms with E-state index in [1.54, 1.807) is 4.68 Å². The van der Waals surface area contributed by atoms with Crippen LogP contribution < -0.4 is 5.32 Å². The van der Waals surface area contributed by atoms with Gasteiger partial charge in [0.25, 0.3) is 0 Å². The van der Waals surface area contributed by atoms with E-state index in [1.807, 2.05) is 19.4 Å². The second-order valence-electron chi connectivity index (χ2n) is 5.23. The fourth-order valence-corrected chi connectivity index (χ4v) is 2.38. The van der Waals surface area contributed by atoms with E-state index in [4.69, 9.17) is 0 Å². The van der Waals surface area contributed by atoms with Crippen LogP contribution in [0.4, 0.5) is 8.78 Å². The number of rotatable bonds is 7. The van der Waals surface area contributed by atoms with E-state index in [0.717, 1.165) is 37.4 Å². The first kappa shape index (κ1) is 15.6. The molecule has 0 amide bonds. The van der Waals surface area contributed by atoms with Crippen molar-refractivity contribution < 1.29 is 8.78 Å². The largest absolute Gasteiger partial charge is 0.310 e. The molecule has 1 unspecified atom stereocenters. The molecule has 0 aliphatic carbocycles. The van der Waals surface area contributed by atoms with Gasteiger partial charge in [0.05, 0.1) is 6.20 Å². The molecule has 0 spiro atoms. The van der Waals surface area contributed by atoms with Crippen LogP contribution in [0, 0.1) is 11.6 Å². The Kier molecular flexibility index (Phi) is 5.44. The third-order valence-electron chi connectivity index (χ3n) is 3.46. The SMILES string of the molecule is CCCNC(CCc1cnn(C)c1)c1ccc(F)cc1F. The molecule has 0 fully saturated rings. The Labute approximate surface area is 124 Å². The molecule has 0 bridgehead atoms. The first-order valence-corrected chi connectivity index (χ1v) is 7.26. The van der Waals surface area contributed by atoms with Crippen LogP contribution in [-0.4, -0.2) is 16.3 Å². The smallest absolute Gasteiger partial charge is 0.130 e. The third-order valence-corrected chi connectivity index (χ3v) is 3.46. The van der Waals surface area contributed by atoms with Crippen molar-refractivity contribution in [1.29, 1.82) is 0 Å². The predicted octanol–water partition coefficient (Wildman–Crippen LogP) is 3.37. The minimum absolute atomic E-state index is 0.120. The van der Waals surface area contributed by atoms with Crippen molar-refractivity contribution in [3.05, 3.63) is 53.4 Å². The molecular formula is C16H21F2N3. The number of nitrogens with one attached hydrogen (secondary N) is 1. The lowest BCUT2D eigenvalue weighted by atomic mass is 9.99. The molecule has 114 valence electrons. The van der Waals surface area contributed by atoms with Crippen LogP contribution in [0.2, 0.25) is 0 Å². The number of aryl methyl sites for hydroxylation is 2. The molecule has 21 heavy (non-hydrogen) atoms. The Morgan fingerprint density at radius 2 is 2.14 bits per heavy atom. The Hall–Kier alpha value is -1.75. The third kappa shape index (κ3) is 4.36. The standard InChI is InChI=1S/C16H21F2N3/c1-3-8-19-16(7-4-12-10-20-21(2)11-12)14-6-5-13(17)9-15(14)18/h5-6,9-11,16,19H,3-4,7-8H2,1-2H3. The van der Waals surface area contributed by atoms with Crippen LogP contribution in [0.15, 0.2) is 30.6 Å². The lowest BCUT2D eigenvalue weighted by Gasteiger charge is -2.19. The first-order valence-electron chi connectivity index (χ1n) is 7.26. The molecule has 5 heteroatoms. The molecule has 1 N–H and O–H groups in total. The molecule has 0 aliphatic heterocycles. The summed E-state index contributed by atoms with van der Waals surface area (Å²) in [4.78, 5) is 0. The molecule has 1 atom stereocenters. The van der Waals surface area contributed by atoms with Gasteiger partial charge in [-0.3, -0.25) is 4.68 Å². The van der Waals surface area contributed by atoms with Crippen LogP contribution in [0.25, 0.3) is 0 Å². The Morgan fingerprint density at radius 3 is 2.76 bits per heavy atom. The lowest BCUT2D eigenvalue weighted by Crippen LogP contribution is -2.23. The number of benzene rings is 1. The van der Waals surface area contributed by atoms with Gasteiger partial charge in [-0.1, -0.05) is 13.0 Å². The zero-order chi connectivity index (χ0) is 15.2. The average molecular weight is 293 g/mol. The van der Waals surface area contributed by atoms with Crippen LogP contribution in [0.5, 0.6) is 0 Å². The molecule has 0 saturated heterocycles. The summed E-state index contributed by atoms with van der Waals surface area (Å²) < 4.78 is 28.8. The summed E-state index contributed by atoms with van der Waals surface area (Å²) in [5.74, 6) is -1.03. The topological polar surface area (TPSA) is 29.9 Å². The summed E-state index contributed by atoms with van der Waals surface area (Å²) in [7, 11) is 1.87. The molecule has 2 aromatic rings. The lowest BCUT2D eigenvalue weighted by molar-refractivity contribution is 0.469. The van der Waals surface area contributed by atoms with Gasteiger partial charge in [-0.15, -0.1) is 0 Å². The van der Waals surface area contributed by atoms with Crippen molar-refractivity contribution in [2.45, 2.75) is 32.2 Å². The second-order valence-corrected chi connectivity index (χ2v) is 5.23. The van der Waals surface area contributed by atoms with Crippen molar-refractivity contribution in [2.24, 2.45) is 7.05 Å². The van der Waals surface area contributed by atoms with Crippen LogP contribution in [0.3, 0.4) is 0 Å². The van der Waals surface area contributed by atoms with Gasteiger partial charge in [0, 0.05) is 30.9 Å². The molecule has 0 radical (unpaired) electrons. The van der Waals surface area contributed by atoms with Gasteiger partial charge in [-0.05, 0) is 37.4 Å². The summed E-state index contributed by atoms with van der Waals surface area (Å²) >= 11 is 0. The maximum Gasteiger partial charge on any atom is 0.130 e. The number of halogens is 2. The molecule has 1 aromatic heterocycles. The number of aromatic nitrogens is 2. The zero-order valence-electron chi connectivity index (χ0n) is 12.4. The van der Waals surface area contributed by atoms with E-state index in [2.05, 4.69) is 17.3 Å². The van der Waals surface area contributed by atoms with E-state index >= 15 is 0 Å². The highest BCUT2D eigenvalue weighted by Gasteiger charge is 2.16. The highest BCUT2D eigenvalue weighted by molar-refractivity contribution is 5.22. The molecule has 0 aliphatic rings.